The van der Waals surface area contributed by atoms with Crippen LogP contribution in [-0.4, -0.2) is 35.1 Å². The van der Waals surface area contributed by atoms with Crippen LogP contribution in [0.2, 0.25) is 5.02 Å². The van der Waals surface area contributed by atoms with E-state index in [-0.39, 0.29) is 27.8 Å². The molecule has 0 saturated heterocycles. The van der Waals surface area contributed by atoms with Crippen LogP contribution in [0.3, 0.4) is 0 Å². The second kappa shape index (κ2) is 14.6. The second-order valence-corrected chi connectivity index (χ2v) is 10.6. The SMILES string of the molecule is C#CC(C)Oc1cc(N2C(=O)C3=C(CCCC3)C2=O)c(F)cc1Cl.C[C@@H](Oc1ccc(Oc2ccc(C#N)cc2F)cc1)C(=O)O. The van der Waals surface area contributed by atoms with Gasteiger partial charge in [0.15, 0.2) is 23.8 Å². The molecule has 0 radical (unpaired) electrons. The van der Waals surface area contributed by atoms with Crippen LogP contribution < -0.4 is 19.1 Å². The van der Waals surface area contributed by atoms with Gasteiger partial charge < -0.3 is 19.3 Å². The maximum atomic E-state index is 14.4. The molecule has 1 aliphatic carbocycles. The first-order chi connectivity index (χ1) is 21.9. The number of ether oxygens (including phenoxy) is 3. The van der Waals surface area contributed by atoms with Crippen LogP contribution in [0.4, 0.5) is 14.5 Å². The number of carboxylic acid groups (broad SMARTS) is 1. The summed E-state index contributed by atoms with van der Waals surface area (Å²) < 4.78 is 44.0. The normalized spacial score (nSPS) is 15.1. The summed E-state index contributed by atoms with van der Waals surface area (Å²) in [7, 11) is 0. The van der Waals surface area contributed by atoms with E-state index in [4.69, 9.17) is 42.6 Å². The molecule has 2 atom stereocenters. The van der Waals surface area contributed by atoms with Gasteiger partial charge in [-0.05, 0) is 88.1 Å². The van der Waals surface area contributed by atoms with E-state index in [2.05, 4.69) is 5.92 Å². The number of hydrogen-bond acceptors (Lipinski definition) is 7. The van der Waals surface area contributed by atoms with Crippen LogP contribution in [0.5, 0.6) is 23.0 Å². The molecule has 1 N–H and O–H groups in total. The molecule has 0 fully saturated rings. The van der Waals surface area contributed by atoms with Gasteiger partial charge in [0.25, 0.3) is 11.8 Å². The highest BCUT2D eigenvalue weighted by atomic mass is 35.5. The van der Waals surface area contributed by atoms with E-state index < -0.39 is 41.6 Å². The van der Waals surface area contributed by atoms with Crippen molar-refractivity contribution in [3.63, 3.8) is 0 Å². The van der Waals surface area contributed by atoms with E-state index in [0.29, 0.717) is 35.5 Å². The van der Waals surface area contributed by atoms with Crippen LogP contribution in [0.1, 0.15) is 45.1 Å². The minimum atomic E-state index is -1.07. The van der Waals surface area contributed by atoms with Crippen LogP contribution in [0.25, 0.3) is 0 Å². The van der Waals surface area contributed by atoms with Gasteiger partial charge in [-0.3, -0.25) is 9.59 Å². The summed E-state index contributed by atoms with van der Waals surface area (Å²) in [6, 6.07) is 14.1. The lowest BCUT2D eigenvalue weighted by molar-refractivity contribution is -0.144. The third-order valence-electron chi connectivity index (χ3n) is 6.94. The van der Waals surface area contributed by atoms with E-state index >= 15 is 0 Å². The molecule has 9 nitrogen and oxygen atoms in total. The second-order valence-electron chi connectivity index (χ2n) is 10.2. The molecule has 0 saturated carbocycles. The first kappa shape index (κ1) is 33.5. The predicted molar refractivity (Wildman–Crippen MR) is 164 cm³/mol. The van der Waals surface area contributed by atoms with Crippen molar-refractivity contribution in [2.45, 2.75) is 51.7 Å². The Balaban J connectivity index is 0.000000210. The zero-order valence-corrected chi connectivity index (χ0v) is 25.4. The summed E-state index contributed by atoms with van der Waals surface area (Å²) in [5, 5.41) is 17.4. The number of aliphatic carboxylic acids is 1. The number of carbonyl (C=O) groups excluding carboxylic acids is 2. The third-order valence-corrected chi connectivity index (χ3v) is 7.24. The van der Waals surface area contributed by atoms with E-state index in [1.807, 2.05) is 6.07 Å². The van der Waals surface area contributed by atoms with Crippen molar-refractivity contribution in [2.75, 3.05) is 4.90 Å². The Morgan fingerprint density at radius 2 is 1.54 bits per heavy atom. The molecule has 0 spiro atoms. The standard InChI is InChI=1S/C18H15ClFNO3.C16H12FNO4/c1-3-10(2)24-16-9-15(14(20)8-13(16)19)21-17(22)11-6-4-5-7-12(11)18(21)23;1-10(16(19)20)21-12-3-5-13(6-4-12)22-15-7-2-11(9-18)8-14(15)17/h1,8-10H,4-7H2,2H3;2-8,10H,1H3,(H,19,20)/t;10-/m.1/s1. The summed E-state index contributed by atoms with van der Waals surface area (Å²) in [6.45, 7) is 3.05. The number of amides is 2. The number of terminal acetylenes is 1. The van der Waals surface area contributed by atoms with E-state index in [1.165, 1.54) is 49.4 Å². The Kier molecular flexibility index (Phi) is 10.6. The number of rotatable bonds is 8. The fourth-order valence-corrected chi connectivity index (χ4v) is 4.78. The zero-order valence-electron chi connectivity index (χ0n) is 24.7. The Morgan fingerprint density at radius 3 is 2.09 bits per heavy atom. The molecular weight excluding hydrogens is 622 g/mol. The van der Waals surface area contributed by atoms with Gasteiger partial charge in [-0.1, -0.05) is 17.5 Å². The molecule has 2 aliphatic rings. The molecular formula is C34H27ClF2N2O7. The quantitative estimate of drug-likeness (QED) is 0.205. The highest BCUT2D eigenvalue weighted by Gasteiger charge is 2.41. The molecule has 0 bridgehead atoms. The fraction of sp³-hybridized carbons (Fsp3) is 0.235. The van der Waals surface area contributed by atoms with Crippen molar-refractivity contribution in [3.8, 4) is 41.4 Å². The number of anilines is 1. The summed E-state index contributed by atoms with van der Waals surface area (Å²) in [5.41, 5.74) is 1.01. The molecule has 0 aromatic heterocycles. The number of nitrogens with zero attached hydrogens (tertiary/aromatic N) is 2. The number of halogens is 3. The van der Waals surface area contributed by atoms with Crippen molar-refractivity contribution < 1.29 is 42.5 Å². The maximum Gasteiger partial charge on any atom is 0.344 e. The molecule has 1 heterocycles. The minimum Gasteiger partial charge on any atom is -0.479 e. The Morgan fingerprint density at radius 1 is 0.935 bits per heavy atom. The fourth-order valence-electron chi connectivity index (χ4n) is 4.58. The average molecular weight is 649 g/mol. The predicted octanol–water partition coefficient (Wildman–Crippen LogP) is 6.96. The van der Waals surface area contributed by atoms with Crippen molar-refractivity contribution in [1.82, 2.24) is 0 Å². The molecule has 46 heavy (non-hydrogen) atoms. The number of nitriles is 1. The molecule has 2 amide bonds. The summed E-state index contributed by atoms with van der Waals surface area (Å²) in [4.78, 5) is 36.7. The monoisotopic (exact) mass is 648 g/mol. The maximum absolute atomic E-state index is 14.4. The third kappa shape index (κ3) is 7.63. The molecule has 1 unspecified atom stereocenters. The average Bonchev–Trinajstić information content (AvgIpc) is 3.29. The first-order valence-electron chi connectivity index (χ1n) is 14.0. The Hall–Kier alpha value is -5.39. The van der Waals surface area contributed by atoms with Gasteiger partial charge in [0, 0.05) is 17.2 Å². The number of imide groups is 1. The minimum absolute atomic E-state index is 0.00780. The van der Waals surface area contributed by atoms with Crippen LogP contribution in [0.15, 0.2) is 65.7 Å². The Bertz CT molecular complexity index is 1770. The van der Waals surface area contributed by atoms with Crippen molar-refractivity contribution in [1.29, 1.82) is 5.26 Å². The van der Waals surface area contributed by atoms with Crippen LogP contribution in [-0.2, 0) is 14.4 Å². The van der Waals surface area contributed by atoms with Crippen molar-refractivity contribution in [2.24, 2.45) is 0 Å². The van der Waals surface area contributed by atoms with E-state index in [9.17, 15) is 23.2 Å². The zero-order chi connectivity index (χ0) is 33.5. The Labute approximate surface area is 268 Å². The topological polar surface area (TPSA) is 126 Å². The van der Waals surface area contributed by atoms with Crippen LogP contribution >= 0.6 is 11.6 Å². The smallest absolute Gasteiger partial charge is 0.344 e. The number of carboxylic acids is 1. The summed E-state index contributed by atoms with van der Waals surface area (Å²) in [6.07, 6.45) is 6.50. The van der Waals surface area contributed by atoms with Gasteiger partial charge >= 0.3 is 5.97 Å². The van der Waals surface area contributed by atoms with Gasteiger partial charge in [0.05, 0.1) is 22.3 Å². The summed E-state index contributed by atoms with van der Waals surface area (Å²) in [5.74, 6) is -0.186. The summed E-state index contributed by atoms with van der Waals surface area (Å²) >= 11 is 5.97. The van der Waals surface area contributed by atoms with Crippen molar-refractivity contribution >= 4 is 35.1 Å². The molecule has 5 rings (SSSR count). The van der Waals surface area contributed by atoms with Gasteiger partial charge in [0.1, 0.15) is 23.1 Å². The van der Waals surface area contributed by atoms with E-state index in [1.54, 1.807) is 6.92 Å². The highest BCUT2D eigenvalue weighted by Crippen LogP contribution is 2.39. The highest BCUT2D eigenvalue weighted by molar-refractivity contribution is 6.34. The number of carbonyl (C=O) groups is 3. The van der Waals surface area contributed by atoms with Gasteiger partial charge in [0.2, 0.25) is 0 Å². The number of hydrogen-bond donors (Lipinski definition) is 1. The first-order valence-corrected chi connectivity index (χ1v) is 14.4. The lowest BCUT2D eigenvalue weighted by Gasteiger charge is -2.19. The van der Waals surface area contributed by atoms with Gasteiger partial charge in [-0.25, -0.2) is 18.5 Å². The van der Waals surface area contributed by atoms with E-state index in [0.717, 1.165) is 29.9 Å². The van der Waals surface area contributed by atoms with Gasteiger partial charge in [-0.15, -0.1) is 6.42 Å². The lowest BCUT2D eigenvalue weighted by atomic mass is 9.93. The van der Waals surface area contributed by atoms with Gasteiger partial charge in [-0.2, -0.15) is 5.26 Å². The van der Waals surface area contributed by atoms with Crippen LogP contribution in [0, 0.1) is 35.3 Å². The number of benzene rings is 3. The molecule has 3 aromatic carbocycles. The largest absolute Gasteiger partial charge is 0.479 e. The molecule has 1 aliphatic heterocycles. The molecule has 12 heteroatoms. The molecule has 236 valence electrons. The van der Waals surface area contributed by atoms with Crippen molar-refractivity contribution in [3.05, 3.63) is 88.0 Å². The molecule has 3 aromatic rings. The lowest BCUT2D eigenvalue weighted by Crippen LogP contribution is -2.32.